The van der Waals surface area contributed by atoms with Gasteiger partial charge in [-0.1, -0.05) is 24.6 Å². The summed E-state index contributed by atoms with van der Waals surface area (Å²) >= 11 is 6.40. The van der Waals surface area contributed by atoms with Crippen molar-refractivity contribution in [2.24, 2.45) is 11.8 Å². The fourth-order valence-corrected chi connectivity index (χ4v) is 9.13. The Balaban J connectivity index is 1.39. The summed E-state index contributed by atoms with van der Waals surface area (Å²) in [5.74, 6) is 5.49. The highest BCUT2D eigenvalue weighted by Crippen LogP contribution is 2.46. The Labute approximate surface area is 243 Å². The topological polar surface area (TPSA) is 67.9 Å². The molecule has 5 atom stereocenters. The summed E-state index contributed by atoms with van der Waals surface area (Å²) < 4.78 is 29.1. The minimum Gasteiger partial charge on any atom is -0.490 e. The molecule has 2 aliphatic heterocycles. The molecule has 6 nitrogen and oxygen atoms in total. The van der Waals surface area contributed by atoms with Crippen molar-refractivity contribution in [1.82, 2.24) is 4.72 Å². The highest BCUT2D eigenvalue weighted by molar-refractivity contribution is 7.99. The summed E-state index contributed by atoms with van der Waals surface area (Å²) in [5, 5.41) is 0.587. The van der Waals surface area contributed by atoms with E-state index in [-0.39, 0.29) is 16.6 Å². The number of carbonyl (C=O) groups is 1. The molecule has 6 rings (SSSR count). The van der Waals surface area contributed by atoms with Gasteiger partial charge in [0.15, 0.2) is 0 Å². The van der Waals surface area contributed by atoms with E-state index in [1.54, 1.807) is 6.07 Å². The van der Waals surface area contributed by atoms with E-state index in [9.17, 15) is 9.00 Å². The summed E-state index contributed by atoms with van der Waals surface area (Å²) in [4.78, 5) is 15.9. The molecular weight excluding hydrogens is 544 g/mol. The largest absolute Gasteiger partial charge is 0.490 e. The molecular formula is C32H41ClN2O4S. The molecule has 1 amide bonds. The third-order valence-electron chi connectivity index (χ3n) is 9.74. The van der Waals surface area contributed by atoms with Gasteiger partial charge in [0.25, 0.3) is 5.91 Å². The number of hydrogen-bond acceptors (Lipinski definition) is 5. The normalized spacial score (nSPS) is 32.6. The minimum atomic E-state index is -2.82. The Kier molecular flexibility index (Phi) is 7.83. The fourth-order valence-electron chi connectivity index (χ4n) is 7.25. The number of hydrogen-bond donors (Lipinski definition) is 1. The second-order valence-electron chi connectivity index (χ2n) is 12.3. The Hall–Kier alpha value is -2.22. The fraction of sp³-hybridized carbons (Fsp3) is 0.562. The van der Waals surface area contributed by atoms with E-state index in [1.807, 2.05) is 25.1 Å². The number of benzene rings is 2. The van der Waals surface area contributed by atoms with Crippen LogP contribution in [0.1, 0.15) is 73.4 Å². The Morgan fingerprint density at radius 2 is 2.00 bits per heavy atom. The van der Waals surface area contributed by atoms with Gasteiger partial charge in [0, 0.05) is 47.6 Å². The van der Waals surface area contributed by atoms with Crippen molar-refractivity contribution in [2.75, 3.05) is 37.8 Å². The molecule has 0 saturated heterocycles. The number of rotatable bonds is 1. The second kappa shape index (κ2) is 11.2. The lowest BCUT2D eigenvalue weighted by atomic mass is 9.69. The monoisotopic (exact) mass is 584 g/mol. The molecule has 1 unspecified atom stereocenters. The van der Waals surface area contributed by atoms with Crippen LogP contribution in [0.5, 0.6) is 5.75 Å². The number of amides is 1. The Morgan fingerprint density at radius 1 is 1.15 bits per heavy atom. The number of nitrogens with one attached hydrogen (secondary N) is 1. The van der Waals surface area contributed by atoms with Crippen LogP contribution in [-0.2, 0) is 26.3 Å². The molecule has 2 aromatic carbocycles. The third-order valence-corrected chi connectivity index (χ3v) is 12.1. The van der Waals surface area contributed by atoms with E-state index in [4.69, 9.17) is 21.1 Å². The molecule has 2 aliphatic carbocycles. The average Bonchev–Trinajstić information content (AvgIpc) is 3.06. The maximum Gasteiger partial charge on any atom is 0.262 e. The molecule has 0 radical (unpaired) electrons. The van der Waals surface area contributed by atoms with Gasteiger partial charge < -0.3 is 14.4 Å². The quantitative estimate of drug-likeness (QED) is 0.430. The van der Waals surface area contributed by atoms with Crippen LogP contribution in [0.15, 0.2) is 36.4 Å². The molecule has 4 aliphatic rings. The molecule has 2 bridgehead atoms. The van der Waals surface area contributed by atoms with Gasteiger partial charge in [-0.05, 0) is 111 Å². The molecule has 40 heavy (non-hydrogen) atoms. The predicted molar refractivity (Wildman–Crippen MR) is 163 cm³/mol. The van der Waals surface area contributed by atoms with Crippen LogP contribution >= 0.6 is 11.6 Å². The molecule has 1 saturated carbocycles. The van der Waals surface area contributed by atoms with Crippen molar-refractivity contribution in [2.45, 2.75) is 69.0 Å². The van der Waals surface area contributed by atoms with Gasteiger partial charge in [-0.2, -0.15) is 0 Å². The van der Waals surface area contributed by atoms with E-state index in [0.717, 1.165) is 61.8 Å². The predicted octanol–water partition coefficient (Wildman–Crippen LogP) is 5.79. The first-order valence-electron chi connectivity index (χ1n) is 14.8. The second-order valence-corrected chi connectivity index (χ2v) is 15.0. The first-order chi connectivity index (χ1) is 19.3. The molecule has 0 aromatic heterocycles. The van der Waals surface area contributed by atoms with Crippen LogP contribution in [0.25, 0.3) is 0 Å². The highest BCUT2D eigenvalue weighted by Gasteiger charge is 2.43. The number of fused-ring (bicyclic) bond motifs is 4. The molecule has 8 heteroatoms. The van der Waals surface area contributed by atoms with Crippen molar-refractivity contribution >= 4 is 38.8 Å². The van der Waals surface area contributed by atoms with Crippen LogP contribution in [-0.4, -0.2) is 54.1 Å². The lowest BCUT2D eigenvalue weighted by Gasteiger charge is -2.44. The summed E-state index contributed by atoms with van der Waals surface area (Å²) in [6.07, 6.45) is 7.74. The first-order valence-corrected chi connectivity index (χ1v) is 17.0. The van der Waals surface area contributed by atoms with Gasteiger partial charge >= 0.3 is 0 Å². The van der Waals surface area contributed by atoms with Gasteiger partial charge in [-0.25, -0.2) is 4.21 Å². The minimum absolute atomic E-state index is 0.161. The van der Waals surface area contributed by atoms with Crippen molar-refractivity contribution in [1.29, 1.82) is 0 Å². The number of anilines is 1. The Morgan fingerprint density at radius 3 is 2.80 bits per heavy atom. The standard InChI is InChI=1S/C32H41ClN2O4S/c1-3-27-7-5-15-38-19-25-9-8-24(25)18-35-20-32(14-4-6-22-16-26(33)11-12-28(22)32)21-39-30-13-10-23(17-29(30)35)31(36)34-40(27,2)37/h10-13,16-17,24-25,27H,2-9,14-15,18-21H2,1H3,(H,34,36,37)/t24-,25-,27-,32-,40?/m0/s1. The Bertz CT molecular complexity index is 1380. The molecule has 216 valence electrons. The maximum atomic E-state index is 13.6. The van der Waals surface area contributed by atoms with E-state index < -0.39 is 9.71 Å². The molecule has 2 heterocycles. The zero-order valence-electron chi connectivity index (χ0n) is 23.5. The maximum absolute atomic E-state index is 13.6. The summed E-state index contributed by atoms with van der Waals surface area (Å²) in [7, 11) is -2.82. The molecule has 1 N–H and O–H groups in total. The third kappa shape index (κ3) is 5.37. The number of aryl methyl sites for hydroxylation is 1. The molecule has 1 spiro atoms. The van der Waals surface area contributed by atoms with Gasteiger partial charge in [0.1, 0.15) is 5.75 Å². The van der Waals surface area contributed by atoms with E-state index in [0.29, 0.717) is 43.5 Å². The van der Waals surface area contributed by atoms with Crippen LogP contribution in [0.4, 0.5) is 5.69 Å². The van der Waals surface area contributed by atoms with Crippen molar-refractivity contribution < 1.29 is 18.5 Å². The summed E-state index contributed by atoms with van der Waals surface area (Å²) in [6.45, 7) is 5.70. The molecule has 2 aromatic rings. The van der Waals surface area contributed by atoms with Crippen molar-refractivity contribution in [3.05, 3.63) is 58.1 Å². The zero-order chi connectivity index (χ0) is 27.9. The molecule has 1 fully saturated rings. The average molecular weight is 585 g/mol. The van der Waals surface area contributed by atoms with Crippen LogP contribution in [0.2, 0.25) is 5.02 Å². The lowest BCUT2D eigenvalue weighted by Crippen LogP contribution is -2.48. The van der Waals surface area contributed by atoms with Gasteiger partial charge in [-0.15, -0.1) is 0 Å². The van der Waals surface area contributed by atoms with Crippen LogP contribution in [0.3, 0.4) is 0 Å². The summed E-state index contributed by atoms with van der Waals surface area (Å²) in [5.41, 5.74) is 3.91. The first kappa shape index (κ1) is 27.9. The number of ether oxygens (including phenoxy) is 2. The van der Waals surface area contributed by atoms with E-state index in [1.165, 1.54) is 24.0 Å². The van der Waals surface area contributed by atoms with Crippen molar-refractivity contribution in [3.8, 4) is 5.75 Å². The van der Waals surface area contributed by atoms with Crippen LogP contribution < -0.4 is 14.4 Å². The highest BCUT2D eigenvalue weighted by atomic mass is 35.5. The zero-order valence-corrected chi connectivity index (χ0v) is 25.0. The van der Waals surface area contributed by atoms with Gasteiger partial charge in [0.2, 0.25) is 0 Å². The van der Waals surface area contributed by atoms with Gasteiger partial charge in [-0.3, -0.25) is 9.52 Å². The SMILES string of the molecule is C=S1(=O)NC(=O)c2ccc3c(c2)N(C[C@@H]2CC[C@H]2COCCC[C@@H]1CC)C[C@@]1(CCCc2cc(Cl)ccc21)CO3. The number of halogens is 1. The van der Waals surface area contributed by atoms with Crippen LogP contribution in [0, 0.1) is 11.8 Å². The number of carbonyl (C=O) groups excluding carboxylic acids is 1. The van der Waals surface area contributed by atoms with E-state index >= 15 is 0 Å². The number of nitrogens with zero attached hydrogens (tertiary/aromatic N) is 1. The smallest absolute Gasteiger partial charge is 0.262 e. The van der Waals surface area contributed by atoms with E-state index in [2.05, 4.69) is 27.6 Å². The van der Waals surface area contributed by atoms with Gasteiger partial charge in [0.05, 0.1) is 22.0 Å². The lowest BCUT2D eigenvalue weighted by molar-refractivity contribution is 0.0324. The van der Waals surface area contributed by atoms with Crippen molar-refractivity contribution in [3.63, 3.8) is 0 Å². The summed E-state index contributed by atoms with van der Waals surface area (Å²) in [6, 6.07) is 11.9.